The number of hydrogen-bond acceptors (Lipinski definition) is 4. The normalized spacial score (nSPS) is 11.3. The van der Waals surface area contributed by atoms with Crippen LogP contribution in [0, 0.1) is 24.4 Å². The Labute approximate surface area is 175 Å². The third kappa shape index (κ3) is 4.75. The van der Waals surface area contributed by atoms with E-state index in [-0.39, 0.29) is 22.8 Å². The van der Waals surface area contributed by atoms with Crippen molar-refractivity contribution in [3.05, 3.63) is 71.5 Å². The number of rotatable bonds is 5. The molecule has 0 aliphatic heterocycles. The maximum atomic E-state index is 14.3. The largest absolute Gasteiger partial charge is 0.351 e. The van der Waals surface area contributed by atoms with Gasteiger partial charge in [-0.2, -0.15) is 8.42 Å². The molecule has 0 aliphatic rings. The molecule has 5 N–H and O–H groups in total. The zero-order valence-electron chi connectivity index (χ0n) is 15.9. The lowest BCUT2D eigenvalue weighted by atomic mass is 10.0. The number of halogens is 3. The van der Waals surface area contributed by atoms with Gasteiger partial charge in [0.05, 0.1) is 11.4 Å². The van der Waals surface area contributed by atoms with Gasteiger partial charge in [0.2, 0.25) is 0 Å². The van der Waals surface area contributed by atoms with Gasteiger partial charge >= 0.3 is 6.03 Å². The van der Waals surface area contributed by atoms with Crippen LogP contribution in [0.1, 0.15) is 5.56 Å². The van der Waals surface area contributed by atoms with E-state index in [1.807, 2.05) is 0 Å². The number of nitrogens with zero attached hydrogens (tertiary/aromatic N) is 2. The van der Waals surface area contributed by atoms with Gasteiger partial charge in [-0.3, -0.25) is 4.72 Å². The maximum absolute atomic E-state index is 14.3. The maximum Gasteiger partial charge on any atom is 0.325 e. The highest BCUT2D eigenvalue weighted by atomic mass is 32.2. The van der Waals surface area contributed by atoms with E-state index in [2.05, 4.69) is 9.71 Å². The SMILES string of the molecule is Cc1cc(F)ccc1-c1nc(N(C(N)=O)c2c(F)cccc2F)ccc1NS(N)(=O)=O. The van der Waals surface area contributed by atoms with E-state index in [4.69, 9.17) is 10.9 Å². The number of amides is 2. The number of nitrogens with two attached hydrogens (primary N) is 2. The van der Waals surface area contributed by atoms with Crippen LogP contribution in [0.15, 0.2) is 48.5 Å². The van der Waals surface area contributed by atoms with Crippen molar-refractivity contribution in [3.63, 3.8) is 0 Å². The van der Waals surface area contributed by atoms with E-state index in [0.717, 1.165) is 30.3 Å². The van der Waals surface area contributed by atoms with Gasteiger partial charge in [0.15, 0.2) is 0 Å². The number of carbonyl (C=O) groups excluding carboxylic acids is 1. The van der Waals surface area contributed by atoms with Crippen LogP contribution in [-0.2, 0) is 10.2 Å². The lowest BCUT2D eigenvalue weighted by Gasteiger charge is -2.22. The predicted octanol–water partition coefficient (Wildman–Crippen LogP) is 3.31. The Balaban J connectivity index is 2.28. The molecule has 2 amide bonds. The fourth-order valence-corrected chi connectivity index (χ4v) is 3.42. The van der Waals surface area contributed by atoms with Crippen molar-refractivity contribution in [1.82, 2.24) is 4.98 Å². The first-order valence-electron chi connectivity index (χ1n) is 8.59. The van der Waals surface area contributed by atoms with Gasteiger partial charge in [0, 0.05) is 5.56 Å². The second kappa shape index (κ2) is 8.24. The van der Waals surface area contributed by atoms with Gasteiger partial charge in [0.25, 0.3) is 10.2 Å². The van der Waals surface area contributed by atoms with E-state index in [9.17, 15) is 26.4 Å². The molecule has 12 heteroatoms. The van der Waals surface area contributed by atoms with Crippen LogP contribution in [0.4, 0.5) is 35.2 Å². The molecule has 0 aliphatic carbocycles. The zero-order chi connectivity index (χ0) is 22.9. The minimum absolute atomic E-state index is 0.0768. The summed E-state index contributed by atoms with van der Waals surface area (Å²) in [6, 6.07) is 7.62. The molecule has 2 aromatic carbocycles. The Hall–Kier alpha value is -3.64. The first-order chi connectivity index (χ1) is 14.5. The number of aryl methyl sites for hydroxylation is 1. The predicted molar refractivity (Wildman–Crippen MR) is 109 cm³/mol. The average Bonchev–Trinajstić information content (AvgIpc) is 2.64. The van der Waals surface area contributed by atoms with Crippen LogP contribution in [0.3, 0.4) is 0 Å². The number of carbonyl (C=O) groups is 1. The van der Waals surface area contributed by atoms with Gasteiger partial charge in [-0.1, -0.05) is 6.07 Å². The number of urea groups is 1. The summed E-state index contributed by atoms with van der Waals surface area (Å²) in [5, 5.41) is 5.04. The number of benzene rings is 2. The second-order valence-electron chi connectivity index (χ2n) is 6.42. The van der Waals surface area contributed by atoms with Crippen molar-refractivity contribution in [2.24, 2.45) is 10.9 Å². The quantitative estimate of drug-likeness (QED) is 0.549. The Bertz CT molecular complexity index is 1260. The van der Waals surface area contributed by atoms with Crippen LogP contribution in [0.25, 0.3) is 11.3 Å². The van der Waals surface area contributed by atoms with Crippen molar-refractivity contribution < 1.29 is 26.4 Å². The highest BCUT2D eigenvalue weighted by Crippen LogP contribution is 2.35. The molecule has 1 heterocycles. The second-order valence-corrected chi connectivity index (χ2v) is 7.71. The summed E-state index contributed by atoms with van der Waals surface area (Å²) in [6.07, 6.45) is 0. The number of pyridine rings is 1. The van der Waals surface area contributed by atoms with Gasteiger partial charge in [-0.15, -0.1) is 0 Å². The summed E-state index contributed by atoms with van der Waals surface area (Å²) in [4.78, 5) is 16.8. The van der Waals surface area contributed by atoms with Crippen LogP contribution in [0.5, 0.6) is 0 Å². The summed E-state index contributed by atoms with van der Waals surface area (Å²) < 4.78 is 67.4. The van der Waals surface area contributed by atoms with Crippen LogP contribution in [0.2, 0.25) is 0 Å². The third-order valence-corrected chi connectivity index (χ3v) is 4.69. The van der Waals surface area contributed by atoms with E-state index in [1.54, 1.807) is 0 Å². The van der Waals surface area contributed by atoms with Gasteiger partial charge in [-0.25, -0.2) is 33.0 Å². The van der Waals surface area contributed by atoms with Gasteiger partial charge in [-0.05, 0) is 55.0 Å². The Morgan fingerprint density at radius 3 is 2.26 bits per heavy atom. The lowest BCUT2D eigenvalue weighted by Crippen LogP contribution is -2.33. The molecule has 31 heavy (non-hydrogen) atoms. The number of hydrogen-bond donors (Lipinski definition) is 3. The first-order valence-corrected chi connectivity index (χ1v) is 10.1. The molecule has 0 fully saturated rings. The fraction of sp³-hybridized carbons (Fsp3) is 0.0526. The summed E-state index contributed by atoms with van der Waals surface area (Å²) in [6.45, 7) is 1.54. The summed E-state index contributed by atoms with van der Waals surface area (Å²) in [5.41, 5.74) is 5.03. The van der Waals surface area contributed by atoms with E-state index in [1.165, 1.54) is 25.1 Å². The molecule has 0 bridgehead atoms. The molecule has 3 aromatic rings. The number of para-hydroxylation sites is 1. The molecule has 0 unspecified atom stereocenters. The smallest absolute Gasteiger partial charge is 0.325 e. The zero-order valence-corrected chi connectivity index (χ0v) is 16.8. The average molecular weight is 451 g/mol. The lowest BCUT2D eigenvalue weighted by molar-refractivity contribution is 0.255. The topological polar surface area (TPSA) is 131 Å². The molecule has 162 valence electrons. The van der Waals surface area contributed by atoms with Crippen molar-refractivity contribution in [2.75, 3.05) is 9.62 Å². The number of nitrogens with one attached hydrogen (secondary N) is 1. The number of anilines is 3. The highest BCUT2D eigenvalue weighted by Gasteiger charge is 2.25. The Morgan fingerprint density at radius 1 is 1.06 bits per heavy atom. The molecule has 3 rings (SSSR count). The highest BCUT2D eigenvalue weighted by molar-refractivity contribution is 7.90. The number of aromatic nitrogens is 1. The molecule has 0 radical (unpaired) electrons. The molecule has 0 atom stereocenters. The summed E-state index contributed by atoms with van der Waals surface area (Å²) in [5.74, 6) is -3.01. The summed E-state index contributed by atoms with van der Waals surface area (Å²) >= 11 is 0. The molecular weight excluding hydrogens is 435 g/mol. The van der Waals surface area contributed by atoms with Crippen molar-refractivity contribution >= 4 is 33.4 Å². The van der Waals surface area contributed by atoms with Crippen molar-refractivity contribution in [2.45, 2.75) is 6.92 Å². The molecular formula is C19H16F3N5O3S. The van der Waals surface area contributed by atoms with Crippen LogP contribution < -0.4 is 20.5 Å². The van der Waals surface area contributed by atoms with E-state index >= 15 is 0 Å². The summed E-state index contributed by atoms with van der Waals surface area (Å²) in [7, 11) is -4.23. The van der Waals surface area contributed by atoms with Gasteiger partial charge < -0.3 is 5.73 Å². The number of primary amides is 1. The Morgan fingerprint density at radius 2 is 1.71 bits per heavy atom. The minimum atomic E-state index is -4.23. The Kier molecular flexibility index (Phi) is 5.86. The van der Waals surface area contributed by atoms with Crippen LogP contribution >= 0.6 is 0 Å². The monoisotopic (exact) mass is 451 g/mol. The fourth-order valence-electron chi connectivity index (χ4n) is 2.95. The minimum Gasteiger partial charge on any atom is -0.351 e. The van der Waals surface area contributed by atoms with E-state index < -0.39 is 39.4 Å². The standard InChI is InChI=1S/C19H16F3N5O3S/c1-10-9-11(20)5-6-12(10)17-15(26-31(24,29)30)7-8-16(25-17)27(19(23)28)18-13(21)3-2-4-14(18)22/h2-9,26H,1H3,(H2,23,28)(H2,24,29,30). The molecule has 0 spiro atoms. The molecule has 0 saturated carbocycles. The van der Waals surface area contributed by atoms with E-state index in [0.29, 0.717) is 10.5 Å². The van der Waals surface area contributed by atoms with Crippen LogP contribution in [-0.4, -0.2) is 19.4 Å². The third-order valence-electron chi connectivity index (χ3n) is 4.19. The first kappa shape index (κ1) is 22.1. The molecule has 0 saturated heterocycles. The molecule has 1 aromatic heterocycles. The molecule has 8 nitrogen and oxygen atoms in total. The van der Waals surface area contributed by atoms with Crippen molar-refractivity contribution in [1.29, 1.82) is 0 Å². The van der Waals surface area contributed by atoms with Crippen molar-refractivity contribution in [3.8, 4) is 11.3 Å². The van der Waals surface area contributed by atoms with Gasteiger partial charge in [0.1, 0.15) is 29.0 Å².